The molecule has 3 aliphatic rings. The fraction of sp³-hybridized carbons (Fsp3) is 0.625. The van der Waals surface area contributed by atoms with E-state index in [-0.39, 0.29) is 0 Å². The van der Waals surface area contributed by atoms with Crippen LogP contribution in [0.4, 0.5) is 5.69 Å². The van der Waals surface area contributed by atoms with Crippen LogP contribution in [0.15, 0.2) is 18.2 Å². The highest BCUT2D eigenvalue weighted by Crippen LogP contribution is 2.31. The Labute approximate surface area is 115 Å². The lowest BCUT2D eigenvalue weighted by Gasteiger charge is -2.38. The molecule has 19 heavy (non-hydrogen) atoms. The van der Waals surface area contributed by atoms with Crippen LogP contribution in [0.3, 0.4) is 0 Å². The summed E-state index contributed by atoms with van der Waals surface area (Å²) in [7, 11) is 0. The number of hydrogen-bond donors (Lipinski definition) is 1. The van der Waals surface area contributed by atoms with Crippen LogP contribution in [0, 0.1) is 0 Å². The Morgan fingerprint density at radius 1 is 1.05 bits per heavy atom. The molecule has 0 unspecified atom stereocenters. The number of benzene rings is 1. The monoisotopic (exact) mass is 257 g/mol. The Bertz CT molecular complexity index is 459. The summed E-state index contributed by atoms with van der Waals surface area (Å²) in [5, 5.41) is 3.47. The van der Waals surface area contributed by atoms with Gasteiger partial charge in [-0.15, -0.1) is 0 Å². The van der Waals surface area contributed by atoms with Gasteiger partial charge >= 0.3 is 0 Å². The molecule has 1 N–H and O–H groups in total. The molecule has 3 heteroatoms. The van der Waals surface area contributed by atoms with E-state index in [9.17, 15) is 0 Å². The van der Waals surface area contributed by atoms with Crippen molar-refractivity contribution in [3.05, 3.63) is 29.3 Å². The molecule has 1 aliphatic carbocycles. The van der Waals surface area contributed by atoms with Gasteiger partial charge in [-0.05, 0) is 43.0 Å². The first-order valence-corrected chi connectivity index (χ1v) is 7.72. The molecule has 3 nitrogen and oxygen atoms in total. The van der Waals surface area contributed by atoms with E-state index in [0.717, 1.165) is 19.1 Å². The van der Waals surface area contributed by atoms with E-state index in [2.05, 4.69) is 33.3 Å². The van der Waals surface area contributed by atoms with Crippen LogP contribution in [0.5, 0.6) is 0 Å². The van der Waals surface area contributed by atoms with Crippen LogP contribution in [-0.2, 0) is 13.0 Å². The second-order valence-electron chi connectivity index (χ2n) is 6.10. The normalized spacial score (nSPS) is 24.3. The van der Waals surface area contributed by atoms with E-state index in [1.165, 1.54) is 56.7 Å². The predicted molar refractivity (Wildman–Crippen MR) is 78.7 cm³/mol. The van der Waals surface area contributed by atoms with Crippen LogP contribution in [-0.4, -0.2) is 43.7 Å². The summed E-state index contributed by atoms with van der Waals surface area (Å²) in [4.78, 5) is 5.30. The fourth-order valence-electron chi connectivity index (χ4n) is 3.58. The molecule has 0 amide bonds. The summed E-state index contributed by atoms with van der Waals surface area (Å²) in [6, 6.07) is 7.77. The molecule has 0 atom stereocenters. The highest BCUT2D eigenvalue weighted by atomic mass is 15.3. The van der Waals surface area contributed by atoms with Gasteiger partial charge in [-0.2, -0.15) is 0 Å². The molecule has 0 spiro atoms. The first-order valence-electron chi connectivity index (χ1n) is 7.72. The molecular weight excluding hydrogens is 234 g/mol. The summed E-state index contributed by atoms with van der Waals surface area (Å²) in [5.74, 6) is 0. The number of nitrogens with one attached hydrogen (secondary N) is 1. The zero-order chi connectivity index (χ0) is 12.7. The maximum atomic E-state index is 3.47. The van der Waals surface area contributed by atoms with Gasteiger partial charge in [-0.3, -0.25) is 4.90 Å². The van der Waals surface area contributed by atoms with Gasteiger partial charge in [0.2, 0.25) is 0 Å². The lowest BCUT2D eigenvalue weighted by Crippen LogP contribution is -2.47. The Hall–Kier alpha value is -1.06. The minimum absolute atomic E-state index is 0.927. The van der Waals surface area contributed by atoms with Crippen molar-refractivity contribution in [1.29, 1.82) is 0 Å². The summed E-state index contributed by atoms with van der Waals surface area (Å²) in [6.45, 7) is 7.11. The van der Waals surface area contributed by atoms with Gasteiger partial charge in [0, 0.05) is 44.5 Å². The second kappa shape index (κ2) is 4.80. The summed E-state index contributed by atoms with van der Waals surface area (Å²) < 4.78 is 0. The van der Waals surface area contributed by atoms with Gasteiger partial charge in [-0.1, -0.05) is 12.1 Å². The molecule has 1 saturated carbocycles. The lowest BCUT2D eigenvalue weighted by atomic mass is 9.98. The number of piperazine rings is 1. The van der Waals surface area contributed by atoms with E-state index in [1.807, 2.05) is 0 Å². The van der Waals surface area contributed by atoms with Gasteiger partial charge in [0.1, 0.15) is 0 Å². The van der Waals surface area contributed by atoms with Crippen molar-refractivity contribution in [3.63, 3.8) is 0 Å². The number of fused-ring (bicyclic) bond motifs is 1. The summed E-state index contributed by atoms with van der Waals surface area (Å²) in [5.41, 5.74) is 4.61. The van der Waals surface area contributed by atoms with Gasteiger partial charge in [0.15, 0.2) is 0 Å². The Balaban J connectivity index is 1.53. The largest absolute Gasteiger partial charge is 0.369 e. The van der Waals surface area contributed by atoms with Crippen LogP contribution in [0.2, 0.25) is 0 Å². The minimum atomic E-state index is 0.927. The van der Waals surface area contributed by atoms with Crippen molar-refractivity contribution in [2.24, 2.45) is 0 Å². The molecule has 0 radical (unpaired) electrons. The molecule has 1 aromatic carbocycles. The third-order valence-corrected chi connectivity index (χ3v) is 4.83. The van der Waals surface area contributed by atoms with Gasteiger partial charge < -0.3 is 10.2 Å². The number of rotatable bonds is 2. The Kier molecular flexibility index (Phi) is 2.97. The average Bonchev–Trinajstić information content (AvgIpc) is 3.32. The first-order chi connectivity index (χ1) is 9.42. The quantitative estimate of drug-likeness (QED) is 0.868. The molecule has 2 fully saturated rings. The molecule has 4 rings (SSSR count). The zero-order valence-electron chi connectivity index (χ0n) is 11.6. The molecule has 2 heterocycles. The molecule has 0 aromatic heterocycles. The third kappa shape index (κ3) is 2.26. The van der Waals surface area contributed by atoms with Crippen molar-refractivity contribution in [3.8, 4) is 0 Å². The van der Waals surface area contributed by atoms with E-state index >= 15 is 0 Å². The van der Waals surface area contributed by atoms with Crippen LogP contribution >= 0.6 is 0 Å². The first kappa shape index (κ1) is 11.7. The van der Waals surface area contributed by atoms with Gasteiger partial charge in [-0.25, -0.2) is 0 Å². The zero-order valence-corrected chi connectivity index (χ0v) is 11.6. The minimum Gasteiger partial charge on any atom is -0.369 e. The molecule has 2 aliphatic heterocycles. The van der Waals surface area contributed by atoms with Crippen molar-refractivity contribution in [2.75, 3.05) is 37.6 Å². The van der Waals surface area contributed by atoms with Crippen molar-refractivity contribution in [1.82, 2.24) is 10.2 Å². The smallest absolute Gasteiger partial charge is 0.0403 e. The summed E-state index contributed by atoms with van der Waals surface area (Å²) >= 11 is 0. The van der Waals surface area contributed by atoms with E-state index in [1.54, 1.807) is 5.56 Å². The van der Waals surface area contributed by atoms with E-state index in [0.29, 0.717) is 0 Å². The van der Waals surface area contributed by atoms with Gasteiger partial charge in [0.25, 0.3) is 0 Å². The Morgan fingerprint density at radius 3 is 2.68 bits per heavy atom. The van der Waals surface area contributed by atoms with Crippen molar-refractivity contribution < 1.29 is 0 Å². The predicted octanol–water partition coefficient (Wildman–Crippen LogP) is 1.62. The number of hydrogen-bond acceptors (Lipinski definition) is 3. The van der Waals surface area contributed by atoms with Crippen LogP contribution < -0.4 is 10.2 Å². The molecular formula is C16H23N3. The van der Waals surface area contributed by atoms with Gasteiger partial charge in [0.05, 0.1) is 0 Å². The standard InChI is InChI=1S/C16H23N3/c1-2-13-12-17-7-6-15(13)16(3-1)19-10-8-18(9-11-19)14-4-5-14/h1-3,14,17H,4-12H2. The van der Waals surface area contributed by atoms with Crippen molar-refractivity contribution >= 4 is 5.69 Å². The second-order valence-corrected chi connectivity index (χ2v) is 6.10. The highest BCUT2D eigenvalue weighted by molar-refractivity contribution is 5.58. The van der Waals surface area contributed by atoms with E-state index in [4.69, 9.17) is 0 Å². The van der Waals surface area contributed by atoms with Crippen LogP contribution in [0.1, 0.15) is 24.0 Å². The Morgan fingerprint density at radius 2 is 1.89 bits per heavy atom. The molecule has 1 aromatic rings. The SMILES string of the molecule is c1cc2c(c(N3CCN(C4CC4)CC3)c1)CCNC2. The van der Waals surface area contributed by atoms with Crippen LogP contribution in [0.25, 0.3) is 0 Å². The lowest BCUT2D eigenvalue weighted by molar-refractivity contribution is 0.248. The molecule has 102 valence electrons. The highest BCUT2D eigenvalue weighted by Gasteiger charge is 2.31. The number of anilines is 1. The maximum absolute atomic E-state index is 3.47. The fourth-order valence-corrected chi connectivity index (χ4v) is 3.58. The molecule has 1 saturated heterocycles. The molecule has 0 bridgehead atoms. The summed E-state index contributed by atoms with van der Waals surface area (Å²) in [6.07, 6.45) is 4.06. The van der Waals surface area contributed by atoms with Crippen molar-refractivity contribution in [2.45, 2.75) is 31.8 Å². The topological polar surface area (TPSA) is 18.5 Å². The van der Waals surface area contributed by atoms with E-state index < -0.39 is 0 Å². The third-order valence-electron chi connectivity index (χ3n) is 4.83. The average molecular weight is 257 g/mol. The number of nitrogens with zero attached hydrogens (tertiary/aromatic N) is 2. The maximum Gasteiger partial charge on any atom is 0.0403 e.